The van der Waals surface area contributed by atoms with Crippen molar-refractivity contribution >= 4 is 66.8 Å². The monoisotopic (exact) mass is 1400 g/mol. The topological polar surface area (TPSA) is 114 Å². The zero-order valence-corrected chi connectivity index (χ0v) is 60.5. The zero-order chi connectivity index (χ0) is 74.3. The molecule has 0 saturated heterocycles. The number of aryl methyl sites for hydroxylation is 6. The van der Waals surface area contributed by atoms with Gasteiger partial charge in [-0.1, -0.05) is 180 Å². The predicted molar refractivity (Wildman–Crippen MR) is 425 cm³/mol. The number of anilines is 6. The molecule has 0 fully saturated rings. The molecule has 15 aromatic rings. The van der Waals surface area contributed by atoms with Crippen LogP contribution in [0.3, 0.4) is 0 Å². The van der Waals surface area contributed by atoms with Crippen LogP contribution in [-0.2, 0) is 6.42 Å². The lowest BCUT2D eigenvalue weighted by Crippen LogP contribution is -2.30. The minimum atomic E-state index is -0.603. The highest BCUT2D eigenvalue weighted by Crippen LogP contribution is 2.34. The largest absolute Gasteiger partial charge is 0.345 e. The fraction of sp³-hybridized carbons (Fsp3) is 0.143. The summed E-state index contributed by atoms with van der Waals surface area (Å²) >= 11 is 0. The quantitative estimate of drug-likeness (QED) is 0.0933. The number of hydrogen-bond donors (Lipinski definition) is 0. The van der Waals surface area contributed by atoms with Crippen LogP contribution in [0, 0.1) is 59.0 Å². The predicted octanol–water partition coefficient (Wildman–Crippen LogP) is 19.9. The van der Waals surface area contributed by atoms with Crippen LogP contribution in [0.2, 0.25) is 0 Å². The van der Waals surface area contributed by atoms with Crippen LogP contribution in [0.1, 0.15) is 85.7 Å². The first kappa shape index (κ1) is 71.6. The number of nitrogens with zero attached hydrogens (tertiary/aromatic N) is 9. The van der Waals surface area contributed by atoms with Crippen molar-refractivity contribution in [2.24, 2.45) is 0 Å². The molecule has 106 heavy (non-hydrogen) atoms. The van der Waals surface area contributed by atoms with Gasteiger partial charge < -0.3 is 14.7 Å². The molecule has 12 aromatic carbocycles. The molecule has 0 aliphatic heterocycles. The standard InChI is InChI=1S/C31H29N3O.C30H25F2N3O.C30H26FN3O/c1-22-14-16-26(17-15-22)33(3)27-18-19-29-28(21-27)31(35)34(23(2)32-29)30(25-12-8-5-9-13-25)20-24-10-6-4-7-11-24;1-19-4-14-25(15-5-19)34(3)26-16-17-28-27(18-26)30(36)35(20(2)33-28)29(21-6-10-23(31)11-7-21)22-8-12-24(32)13-9-22;1-20-9-15-25(16-10-20)33(3)26-17-18-28-27(19-26)30(35)34(21(2)32-28)29(22-7-5-4-6-8-22)23-11-13-24(31)14-12-23/h4-19,21,30H,20H2,1-3H3;4-18,29H,1-3H3;4-19,29H,1-3H3. The average Bonchev–Trinajstić information content (AvgIpc) is 0.769. The van der Waals surface area contributed by atoms with Gasteiger partial charge in [0.25, 0.3) is 16.7 Å². The molecule has 0 saturated carbocycles. The van der Waals surface area contributed by atoms with E-state index >= 15 is 0 Å². The van der Waals surface area contributed by atoms with Crippen LogP contribution >= 0.6 is 0 Å². The van der Waals surface area contributed by atoms with Gasteiger partial charge in [0, 0.05) is 55.3 Å². The van der Waals surface area contributed by atoms with Crippen molar-refractivity contribution < 1.29 is 13.2 Å². The minimum Gasteiger partial charge on any atom is -0.345 e. The summed E-state index contributed by atoms with van der Waals surface area (Å²) in [7, 11) is 5.96. The fourth-order valence-corrected chi connectivity index (χ4v) is 13.7. The molecule has 0 amide bonds. The molecular weight excluding hydrogens is 1320 g/mol. The summed E-state index contributed by atoms with van der Waals surface area (Å²) in [4.78, 5) is 62.5. The molecule has 15 heteroatoms. The number of aromatic nitrogens is 6. The molecule has 3 aromatic heterocycles. The minimum absolute atomic E-state index is 0.0172. The van der Waals surface area contributed by atoms with E-state index in [0.717, 1.165) is 56.3 Å². The molecule has 2 unspecified atom stereocenters. The van der Waals surface area contributed by atoms with E-state index in [1.165, 1.54) is 58.7 Å². The van der Waals surface area contributed by atoms with Crippen molar-refractivity contribution in [3.8, 4) is 0 Å². The molecule has 0 N–H and O–H groups in total. The zero-order valence-electron chi connectivity index (χ0n) is 60.5. The summed E-state index contributed by atoms with van der Waals surface area (Å²) in [6, 6.07) is 89.5. The third-order valence-corrected chi connectivity index (χ3v) is 19.6. The lowest BCUT2D eigenvalue weighted by molar-refractivity contribution is 0.541. The third-order valence-electron chi connectivity index (χ3n) is 19.6. The van der Waals surface area contributed by atoms with E-state index in [1.807, 2.05) is 197 Å². The highest BCUT2D eigenvalue weighted by atomic mass is 19.1. The van der Waals surface area contributed by atoms with Crippen molar-refractivity contribution in [2.75, 3.05) is 35.8 Å². The maximum Gasteiger partial charge on any atom is 0.262 e. The lowest BCUT2D eigenvalue weighted by Gasteiger charge is -2.24. The Kier molecular flexibility index (Phi) is 21.3. The highest BCUT2D eigenvalue weighted by molar-refractivity contribution is 5.86. The summed E-state index contributed by atoms with van der Waals surface area (Å²) < 4.78 is 46.3. The van der Waals surface area contributed by atoms with Crippen molar-refractivity contribution in [3.05, 3.63) is 407 Å². The van der Waals surface area contributed by atoms with Gasteiger partial charge in [0.2, 0.25) is 0 Å². The third kappa shape index (κ3) is 15.6. The van der Waals surface area contributed by atoms with E-state index in [-0.39, 0.29) is 40.2 Å². The first-order valence-electron chi connectivity index (χ1n) is 35.2. The summed E-state index contributed by atoms with van der Waals surface area (Å²) in [6.45, 7) is 11.7. The Morgan fingerprint density at radius 3 is 0.887 bits per heavy atom. The normalized spacial score (nSPS) is 11.7. The molecule has 0 aliphatic rings. The van der Waals surface area contributed by atoms with E-state index in [4.69, 9.17) is 15.0 Å². The van der Waals surface area contributed by atoms with E-state index in [9.17, 15) is 27.6 Å². The van der Waals surface area contributed by atoms with Crippen LogP contribution in [0.25, 0.3) is 32.7 Å². The Hall–Kier alpha value is -12.8. The average molecular weight is 1400 g/mol. The van der Waals surface area contributed by atoms with Gasteiger partial charge in [-0.3, -0.25) is 28.1 Å². The smallest absolute Gasteiger partial charge is 0.262 e. The fourth-order valence-electron chi connectivity index (χ4n) is 13.7. The number of hydrogen-bond acceptors (Lipinski definition) is 9. The summed E-state index contributed by atoms with van der Waals surface area (Å²) in [6.07, 6.45) is 0.710. The molecule has 3 heterocycles. The molecule has 2 atom stereocenters. The Labute approximate surface area is 614 Å². The molecule has 12 nitrogen and oxygen atoms in total. The van der Waals surface area contributed by atoms with E-state index in [1.54, 1.807) is 52.5 Å². The van der Waals surface area contributed by atoms with E-state index in [0.29, 0.717) is 62.2 Å². The number of halogens is 3. The molecule has 528 valence electrons. The summed E-state index contributed by atoms with van der Waals surface area (Å²) in [5, 5.41) is 1.63. The second kappa shape index (κ2) is 31.5. The number of fused-ring (bicyclic) bond motifs is 3. The van der Waals surface area contributed by atoms with Crippen LogP contribution in [0.15, 0.2) is 306 Å². The molecule has 0 aliphatic carbocycles. The second-order valence-electron chi connectivity index (χ2n) is 26.8. The summed E-state index contributed by atoms with van der Waals surface area (Å²) in [5.41, 5.74) is 16.4. The van der Waals surface area contributed by atoms with Crippen LogP contribution in [0.4, 0.5) is 47.3 Å². The maximum absolute atomic E-state index is 14.0. The van der Waals surface area contributed by atoms with Gasteiger partial charge in [0.1, 0.15) is 34.9 Å². The SMILES string of the molecule is Cc1ccc(N(C)c2ccc3nc(C)n(C(Cc4ccccc4)c4ccccc4)c(=O)c3c2)cc1.Cc1ccc(N(C)c2ccc3nc(C)n(C(c4ccc(F)cc4)c4ccc(F)cc4)c(=O)c3c2)cc1.Cc1ccc(N(C)c2ccc3nc(C)n(C(c4ccccc4)c4ccc(F)cc4)c(=O)c3c2)cc1. The van der Waals surface area contributed by atoms with Crippen molar-refractivity contribution in [2.45, 2.75) is 66.1 Å². The van der Waals surface area contributed by atoms with Gasteiger partial charge >= 0.3 is 0 Å². The van der Waals surface area contributed by atoms with Crippen molar-refractivity contribution in [1.29, 1.82) is 0 Å². The first-order valence-corrected chi connectivity index (χ1v) is 35.2. The second-order valence-corrected chi connectivity index (χ2v) is 26.8. The Balaban J connectivity index is 0.000000141. The van der Waals surface area contributed by atoms with Crippen LogP contribution in [0.5, 0.6) is 0 Å². The van der Waals surface area contributed by atoms with Crippen molar-refractivity contribution in [3.63, 3.8) is 0 Å². The molecule has 0 spiro atoms. The number of benzene rings is 12. The Morgan fingerprint density at radius 1 is 0.302 bits per heavy atom. The molecule has 15 rings (SSSR count). The van der Waals surface area contributed by atoms with Gasteiger partial charge in [-0.2, -0.15) is 0 Å². The Morgan fingerprint density at radius 2 is 0.566 bits per heavy atom. The molecular formula is C91H80F3N9O3. The van der Waals surface area contributed by atoms with E-state index < -0.39 is 12.1 Å². The van der Waals surface area contributed by atoms with Gasteiger partial charge in [0.15, 0.2) is 0 Å². The van der Waals surface area contributed by atoms with Gasteiger partial charge in [-0.15, -0.1) is 0 Å². The van der Waals surface area contributed by atoms with Gasteiger partial charge in [-0.25, -0.2) is 28.1 Å². The van der Waals surface area contributed by atoms with E-state index in [2.05, 4.69) is 96.4 Å². The lowest BCUT2D eigenvalue weighted by atomic mass is 9.97. The first-order chi connectivity index (χ1) is 51.2. The van der Waals surface area contributed by atoms with Crippen LogP contribution in [-0.4, -0.2) is 49.8 Å². The van der Waals surface area contributed by atoms with Crippen molar-refractivity contribution in [1.82, 2.24) is 28.7 Å². The van der Waals surface area contributed by atoms with Crippen LogP contribution < -0.4 is 31.4 Å². The van der Waals surface area contributed by atoms with Gasteiger partial charge in [-0.05, 0) is 209 Å². The molecule has 0 bridgehead atoms. The molecule has 0 radical (unpaired) electrons. The highest BCUT2D eigenvalue weighted by Gasteiger charge is 2.26. The Bertz CT molecular complexity index is 5740. The number of rotatable bonds is 16. The maximum atomic E-state index is 14.0. The summed E-state index contributed by atoms with van der Waals surface area (Å²) in [5.74, 6) is 0.755. The van der Waals surface area contributed by atoms with Gasteiger partial charge in [0.05, 0.1) is 50.8 Å².